The SMILES string of the molecule is Cc1cc(C)n(Cc2cccc(C(=O)NC3(C(=O)O)CCC3)c2)n1. The van der Waals surface area contributed by atoms with E-state index in [4.69, 9.17) is 0 Å². The fourth-order valence-corrected chi connectivity index (χ4v) is 3.03. The zero-order chi connectivity index (χ0) is 17.3. The molecule has 6 nitrogen and oxygen atoms in total. The van der Waals surface area contributed by atoms with Crippen molar-refractivity contribution in [3.8, 4) is 0 Å². The average molecular weight is 327 g/mol. The van der Waals surface area contributed by atoms with Crippen LogP contribution in [0, 0.1) is 13.8 Å². The molecule has 1 aliphatic carbocycles. The first-order chi connectivity index (χ1) is 11.4. The van der Waals surface area contributed by atoms with E-state index in [1.165, 1.54) is 0 Å². The first kappa shape index (κ1) is 16.2. The van der Waals surface area contributed by atoms with E-state index in [0.29, 0.717) is 24.9 Å². The van der Waals surface area contributed by atoms with Crippen molar-refractivity contribution in [2.24, 2.45) is 0 Å². The minimum Gasteiger partial charge on any atom is -0.480 e. The number of hydrogen-bond acceptors (Lipinski definition) is 3. The van der Waals surface area contributed by atoms with E-state index < -0.39 is 11.5 Å². The van der Waals surface area contributed by atoms with Gasteiger partial charge in [-0.05, 0) is 56.9 Å². The molecule has 1 aliphatic rings. The molecular weight excluding hydrogens is 306 g/mol. The maximum atomic E-state index is 12.4. The number of carboxylic acids is 1. The van der Waals surface area contributed by atoms with Gasteiger partial charge in [-0.15, -0.1) is 0 Å². The lowest BCUT2D eigenvalue weighted by atomic mass is 9.76. The van der Waals surface area contributed by atoms with Gasteiger partial charge in [0.05, 0.1) is 12.2 Å². The molecule has 24 heavy (non-hydrogen) atoms. The molecule has 1 heterocycles. The number of rotatable bonds is 5. The summed E-state index contributed by atoms with van der Waals surface area (Å²) >= 11 is 0. The number of amides is 1. The molecule has 1 fully saturated rings. The van der Waals surface area contributed by atoms with Gasteiger partial charge in [-0.2, -0.15) is 5.10 Å². The second-order valence-electron chi connectivity index (χ2n) is 6.48. The first-order valence-electron chi connectivity index (χ1n) is 8.05. The molecule has 2 aromatic rings. The van der Waals surface area contributed by atoms with Gasteiger partial charge in [-0.3, -0.25) is 9.48 Å². The predicted octanol–water partition coefficient (Wildman–Crippen LogP) is 2.29. The van der Waals surface area contributed by atoms with Crippen molar-refractivity contribution in [1.82, 2.24) is 15.1 Å². The minimum absolute atomic E-state index is 0.340. The summed E-state index contributed by atoms with van der Waals surface area (Å²) in [7, 11) is 0. The quantitative estimate of drug-likeness (QED) is 0.882. The maximum absolute atomic E-state index is 12.4. The second-order valence-corrected chi connectivity index (χ2v) is 6.48. The van der Waals surface area contributed by atoms with Gasteiger partial charge >= 0.3 is 5.97 Å². The van der Waals surface area contributed by atoms with Crippen LogP contribution in [0.15, 0.2) is 30.3 Å². The lowest BCUT2D eigenvalue weighted by Crippen LogP contribution is -2.59. The smallest absolute Gasteiger partial charge is 0.329 e. The van der Waals surface area contributed by atoms with E-state index in [9.17, 15) is 14.7 Å². The van der Waals surface area contributed by atoms with Crippen LogP contribution in [-0.4, -0.2) is 32.3 Å². The zero-order valence-corrected chi connectivity index (χ0v) is 13.9. The number of nitrogens with one attached hydrogen (secondary N) is 1. The summed E-state index contributed by atoms with van der Waals surface area (Å²) in [4.78, 5) is 23.8. The normalized spacial score (nSPS) is 15.6. The second kappa shape index (κ2) is 6.11. The number of carboxylic acid groups (broad SMARTS) is 1. The molecule has 2 N–H and O–H groups in total. The Balaban J connectivity index is 1.76. The van der Waals surface area contributed by atoms with Crippen LogP contribution in [0.1, 0.15) is 46.6 Å². The minimum atomic E-state index is -1.09. The highest BCUT2D eigenvalue weighted by atomic mass is 16.4. The Bertz CT molecular complexity index is 791. The molecule has 0 radical (unpaired) electrons. The van der Waals surface area contributed by atoms with Gasteiger partial charge in [-0.1, -0.05) is 12.1 Å². The van der Waals surface area contributed by atoms with Crippen LogP contribution in [0.5, 0.6) is 0 Å². The Hall–Kier alpha value is -2.63. The number of carbonyl (C=O) groups is 2. The molecule has 0 aliphatic heterocycles. The zero-order valence-electron chi connectivity index (χ0n) is 13.9. The third-order valence-electron chi connectivity index (χ3n) is 4.59. The largest absolute Gasteiger partial charge is 0.480 e. The van der Waals surface area contributed by atoms with Crippen molar-refractivity contribution in [1.29, 1.82) is 0 Å². The van der Waals surface area contributed by atoms with Crippen molar-refractivity contribution >= 4 is 11.9 Å². The number of nitrogens with zero attached hydrogens (tertiary/aromatic N) is 2. The van der Waals surface area contributed by atoms with Gasteiger partial charge < -0.3 is 10.4 Å². The molecule has 0 atom stereocenters. The van der Waals surface area contributed by atoms with Crippen LogP contribution in [0.2, 0.25) is 0 Å². The molecule has 0 bridgehead atoms. The van der Waals surface area contributed by atoms with Gasteiger partial charge in [0.1, 0.15) is 5.54 Å². The average Bonchev–Trinajstić information content (AvgIpc) is 2.80. The third-order valence-corrected chi connectivity index (χ3v) is 4.59. The van der Waals surface area contributed by atoms with E-state index in [0.717, 1.165) is 23.4 Å². The Morgan fingerprint density at radius 3 is 2.58 bits per heavy atom. The number of hydrogen-bond donors (Lipinski definition) is 2. The summed E-state index contributed by atoms with van der Waals surface area (Å²) in [5, 5.41) is 16.5. The van der Waals surface area contributed by atoms with Crippen LogP contribution in [0.3, 0.4) is 0 Å². The molecule has 6 heteroatoms. The molecule has 0 spiro atoms. The van der Waals surface area contributed by atoms with Gasteiger partial charge in [0, 0.05) is 11.3 Å². The van der Waals surface area contributed by atoms with E-state index in [2.05, 4.69) is 10.4 Å². The highest BCUT2D eigenvalue weighted by Gasteiger charge is 2.45. The lowest BCUT2D eigenvalue weighted by Gasteiger charge is -2.38. The summed E-state index contributed by atoms with van der Waals surface area (Å²) in [6.45, 7) is 4.51. The van der Waals surface area contributed by atoms with Gasteiger partial charge in [-0.25, -0.2) is 4.79 Å². The topological polar surface area (TPSA) is 84.2 Å². The molecule has 1 aromatic carbocycles. The predicted molar refractivity (Wildman–Crippen MR) is 88.9 cm³/mol. The van der Waals surface area contributed by atoms with E-state index in [-0.39, 0.29) is 5.91 Å². The Morgan fingerprint density at radius 2 is 2.04 bits per heavy atom. The number of aromatic nitrogens is 2. The van der Waals surface area contributed by atoms with Crippen LogP contribution in [0.25, 0.3) is 0 Å². The van der Waals surface area contributed by atoms with Gasteiger partial charge in [0.2, 0.25) is 0 Å². The molecule has 0 saturated heterocycles. The molecule has 3 rings (SSSR count). The third kappa shape index (κ3) is 3.04. The van der Waals surface area contributed by atoms with Crippen molar-refractivity contribution in [3.05, 3.63) is 52.8 Å². The van der Waals surface area contributed by atoms with Crippen LogP contribution in [0.4, 0.5) is 0 Å². The molecule has 1 saturated carbocycles. The number of aryl methyl sites for hydroxylation is 2. The molecule has 1 amide bonds. The number of carbonyl (C=O) groups excluding carboxylic acids is 1. The van der Waals surface area contributed by atoms with Crippen LogP contribution >= 0.6 is 0 Å². The fraction of sp³-hybridized carbons (Fsp3) is 0.389. The van der Waals surface area contributed by atoms with Gasteiger partial charge in [0.25, 0.3) is 5.91 Å². The Kier molecular flexibility index (Phi) is 4.13. The van der Waals surface area contributed by atoms with E-state index >= 15 is 0 Å². The lowest BCUT2D eigenvalue weighted by molar-refractivity contribution is -0.148. The molecule has 126 valence electrons. The van der Waals surface area contributed by atoms with Crippen LogP contribution in [-0.2, 0) is 11.3 Å². The molecule has 1 aromatic heterocycles. The number of aliphatic carboxylic acids is 1. The van der Waals surface area contributed by atoms with E-state index in [1.807, 2.05) is 36.7 Å². The standard InChI is InChI=1S/C18H21N3O3/c1-12-9-13(2)21(20-12)11-14-5-3-6-15(10-14)16(22)19-18(17(23)24)7-4-8-18/h3,5-6,9-10H,4,7-8,11H2,1-2H3,(H,19,22)(H,23,24). The van der Waals surface area contributed by atoms with Crippen molar-refractivity contribution < 1.29 is 14.7 Å². The fourth-order valence-electron chi connectivity index (χ4n) is 3.03. The Morgan fingerprint density at radius 1 is 1.29 bits per heavy atom. The van der Waals surface area contributed by atoms with Crippen molar-refractivity contribution in [2.75, 3.05) is 0 Å². The first-order valence-corrected chi connectivity index (χ1v) is 8.05. The van der Waals surface area contributed by atoms with Gasteiger partial charge in [0.15, 0.2) is 0 Å². The summed E-state index contributed by atoms with van der Waals surface area (Å²) < 4.78 is 1.89. The molecular formula is C18H21N3O3. The van der Waals surface area contributed by atoms with Crippen molar-refractivity contribution in [3.63, 3.8) is 0 Å². The van der Waals surface area contributed by atoms with Crippen molar-refractivity contribution in [2.45, 2.75) is 45.2 Å². The summed E-state index contributed by atoms with van der Waals surface area (Å²) in [6.07, 6.45) is 1.80. The van der Waals surface area contributed by atoms with Crippen LogP contribution < -0.4 is 5.32 Å². The monoisotopic (exact) mass is 327 g/mol. The summed E-state index contributed by atoms with van der Waals surface area (Å²) in [6, 6.07) is 9.24. The highest BCUT2D eigenvalue weighted by Crippen LogP contribution is 2.32. The van der Waals surface area contributed by atoms with E-state index in [1.54, 1.807) is 12.1 Å². The molecule has 0 unspecified atom stereocenters. The summed E-state index contributed by atoms with van der Waals surface area (Å²) in [5.74, 6) is -1.30. The summed E-state index contributed by atoms with van der Waals surface area (Å²) in [5.41, 5.74) is 2.34. The maximum Gasteiger partial charge on any atom is 0.329 e. The highest BCUT2D eigenvalue weighted by molar-refractivity contribution is 5.98. The number of benzene rings is 1. The Labute approximate surface area is 140 Å².